The van der Waals surface area contributed by atoms with Crippen LogP contribution in [0.5, 0.6) is 0 Å². The second-order valence-corrected chi connectivity index (χ2v) is 10.3. The fourth-order valence-electron chi connectivity index (χ4n) is 3.52. The number of rotatable bonds is 4. The summed E-state index contributed by atoms with van der Waals surface area (Å²) in [7, 11) is -1.90. The predicted molar refractivity (Wildman–Crippen MR) is 116 cm³/mol. The monoisotopic (exact) mass is 429 g/mol. The van der Waals surface area contributed by atoms with Gasteiger partial charge < -0.3 is 10.2 Å². The van der Waals surface area contributed by atoms with E-state index in [1.807, 2.05) is 18.9 Å². The van der Waals surface area contributed by atoms with Crippen LogP contribution in [0, 0.1) is 6.92 Å². The predicted octanol–water partition coefficient (Wildman–Crippen LogP) is 3.46. The van der Waals surface area contributed by atoms with Gasteiger partial charge in [0.05, 0.1) is 10.1 Å². The molecule has 1 saturated heterocycles. The van der Waals surface area contributed by atoms with Gasteiger partial charge in [0.2, 0.25) is 5.91 Å². The third-order valence-electron chi connectivity index (χ3n) is 5.17. The molecule has 0 aliphatic carbocycles. The minimum Gasteiger partial charge on any atom is -0.362 e. The number of carbonyl (C=O) groups excluding carboxylic acids is 1. The maximum Gasteiger partial charge on any atom is 0.283 e. The number of anilines is 1. The second kappa shape index (κ2) is 7.84. The Hall–Kier alpha value is -2.32. The van der Waals surface area contributed by atoms with Crippen LogP contribution < -0.4 is 5.32 Å². The first-order valence-corrected chi connectivity index (χ1v) is 11.9. The van der Waals surface area contributed by atoms with Gasteiger partial charge in [-0.2, -0.15) is 8.42 Å². The minimum absolute atomic E-state index is 0.0766. The van der Waals surface area contributed by atoms with Gasteiger partial charge in [0.1, 0.15) is 5.84 Å². The van der Waals surface area contributed by atoms with E-state index >= 15 is 0 Å². The molecule has 1 fully saturated rings. The molecule has 2 aliphatic rings. The van der Waals surface area contributed by atoms with E-state index in [0.29, 0.717) is 24.4 Å². The summed E-state index contributed by atoms with van der Waals surface area (Å²) >= 11 is 1.57. The Bertz CT molecular complexity index is 1080. The van der Waals surface area contributed by atoms with E-state index in [2.05, 4.69) is 27.9 Å². The molecule has 2 aliphatic heterocycles. The highest BCUT2D eigenvalue weighted by Gasteiger charge is 2.28. The number of hydrogen-bond acceptors (Lipinski definition) is 4. The van der Waals surface area contributed by atoms with Crippen LogP contribution in [-0.2, 0) is 21.2 Å². The number of fused-ring (bicyclic) bond motifs is 1. The first-order valence-electron chi connectivity index (χ1n) is 9.54. The van der Waals surface area contributed by atoms with E-state index < -0.39 is 10.0 Å². The highest BCUT2D eigenvalue weighted by Crippen LogP contribution is 2.38. The van der Waals surface area contributed by atoms with E-state index in [-0.39, 0.29) is 16.1 Å². The Morgan fingerprint density at radius 3 is 2.66 bits per heavy atom. The Balaban J connectivity index is 1.43. The van der Waals surface area contributed by atoms with Crippen molar-refractivity contribution in [2.75, 3.05) is 18.9 Å². The standard InChI is InChI=1S/C21H23N3O3S2/c1-14-5-6-15-13-19(28-18(15)12-14)21(25)22-16-7-9-17(10-8-16)29(26,27)23-20-4-3-11-24(20)2/h5-10,12,19H,3-4,11,13H2,1-2H3,(H,22,25)/b23-20-. The number of thioether (sulfide) groups is 1. The van der Waals surface area contributed by atoms with Crippen molar-refractivity contribution in [2.45, 2.75) is 41.2 Å². The van der Waals surface area contributed by atoms with Crippen LogP contribution in [0.15, 0.2) is 56.7 Å². The van der Waals surface area contributed by atoms with Crippen molar-refractivity contribution in [3.05, 3.63) is 53.6 Å². The SMILES string of the molecule is Cc1ccc2c(c1)SC(C(=O)Nc1ccc(S(=O)(=O)/N=C3/CCCN3C)cc1)C2. The number of hydrogen-bond donors (Lipinski definition) is 1. The number of nitrogens with zero attached hydrogens (tertiary/aromatic N) is 2. The summed E-state index contributed by atoms with van der Waals surface area (Å²) < 4.78 is 29.0. The van der Waals surface area contributed by atoms with E-state index in [9.17, 15) is 13.2 Å². The summed E-state index contributed by atoms with van der Waals surface area (Å²) in [5, 5.41) is 2.71. The van der Waals surface area contributed by atoms with Crippen LogP contribution in [0.3, 0.4) is 0 Å². The molecule has 0 spiro atoms. The molecule has 8 heteroatoms. The van der Waals surface area contributed by atoms with Gasteiger partial charge in [-0.15, -0.1) is 16.2 Å². The zero-order chi connectivity index (χ0) is 20.6. The smallest absolute Gasteiger partial charge is 0.283 e. The summed E-state index contributed by atoms with van der Waals surface area (Å²) in [5.74, 6) is 0.516. The fraction of sp³-hybridized carbons (Fsp3) is 0.333. The lowest BCUT2D eigenvalue weighted by Gasteiger charge is -2.12. The number of aryl methyl sites for hydroxylation is 1. The van der Waals surface area contributed by atoms with Gasteiger partial charge in [0.25, 0.3) is 10.0 Å². The first kappa shape index (κ1) is 20.0. The molecule has 0 saturated carbocycles. The molecule has 1 atom stereocenters. The van der Waals surface area contributed by atoms with E-state index in [4.69, 9.17) is 0 Å². The molecule has 2 aromatic rings. The molecule has 4 rings (SSSR count). The average Bonchev–Trinajstić information content (AvgIpc) is 3.28. The van der Waals surface area contributed by atoms with Crippen LogP contribution in [0.1, 0.15) is 24.0 Å². The van der Waals surface area contributed by atoms with E-state index in [1.165, 1.54) is 23.3 Å². The Morgan fingerprint density at radius 1 is 1.21 bits per heavy atom. The maximum atomic E-state index is 12.6. The average molecular weight is 430 g/mol. The zero-order valence-electron chi connectivity index (χ0n) is 16.4. The molecule has 6 nitrogen and oxygen atoms in total. The molecule has 1 unspecified atom stereocenters. The summed E-state index contributed by atoms with van der Waals surface area (Å²) in [4.78, 5) is 15.8. The molecule has 29 heavy (non-hydrogen) atoms. The van der Waals surface area contributed by atoms with Crippen LogP contribution in [0.2, 0.25) is 0 Å². The highest BCUT2D eigenvalue weighted by molar-refractivity contribution is 8.01. The Kier molecular flexibility index (Phi) is 5.40. The summed E-state index contributed by atoms with van der Waals surface area (Å²) in [6, 6.07) is 12.4. The normalized spacial score (nSPS) is 20.1. The van der Waals surface area contributed by atoms with Gasteiger partial charge in [-0.1, -0.05) is 17.7 Å². The molecule has 0 aromatic heterocycles. The van der Waals surface area contributed by atoms with Crippen molar-refractivity contribution in [1.82, 2.24) is 4.90 Å². The molecular formula is C21H23N3O3S2. The molecule has 2 heterocycles. The van der Waals surface area contributed by atoms with Crippen molar-refractivity contribution in [3.63, 3.8) is 0 Å². The molecule has 1 N–H and O–H groups in total. The van der Waals surface area contributed by atoms with Crippen LogP contribution in [0.25, 0.3) is 0 Å². The largest absolute Gasteiger partial charge is 0.362 e. The van der Waals surface area contributed by atoms with Crippen LogP contribution >= 0.6 is 11.8 Å². The first-order chi connectivity index (χ1) is 13.8. The summed E-state index contributed by atoms with van der Waals surface area (Å²) in [5.41, 5.74) is 2.95. The van der Waals surface area contributed by atoms with E-state index in [1.54, 1.807) is 23.9 Å². The molecule has 2 aromatic carbocycles. The minimum atomic E-state index is -3.75. The van der Waals surface area contributed by atoms with Gasteiger partial charge in [0, 0.05) is 30.6 Å². The topological polar surface area (TPSA) is 78.8 Å². The lowest BCUT2D eigenvalue weighted by molar-refractivity contribution is -0.115. The highest BCUT2D eigenvalue weighted by atomic mass is 32.2. The van der Waals surface area contributed by atoms with Crippen molar-refractivity contribution in [1.29, 1.82) is 0 Å². The number of sulfonamides is 1. The number of amidine groups is 1. The molecule has 1 amide bonds. The molecular weight excluding hydrogens is 406 g/mol. The van der Waals surface area contributed by atoms with Crippen molar-refractivity contribution in [3.8, 4) is 0 Å². The number of nitrogens with one attached hydrogen (secondary N) is 1. The lowest BCUT2D eigenvalue weighted by atomic mass is 10.1. The maximum absolute atomic E-state index is 12.6. The summed E-state index contributed by atoms with van der Waals surface area (Å²) in [6.45, 7) is 2.86. The third-order valence-corrected chi connectivity index (χ3v) is 7.79. The van der Waals surface area contributed by atoms with Gasteiger partial charge in [-0.25, -0.2) is 0 Å². The van der Waals surface area contributed by atoms with Crippen LogP contribution in [0.4, 0.5) is 5.69 Å². The number of likely N-dealkylation sites (tertiary alicyclic amines) is 1. The van der Waals surface area contributed by atoms with Gasteiger partial charge in [0.15, 0.2) is 0 Å². The van der Waals surface area contributed by atoms with Crippen molar-refractivity contribution in [2.24, 2.45) is 4.40 Å². The van der Waals surface area contributed by atoms with Gasteiger partial charge in [-0.3, -0.25) is 4.79 Å². The molecule has 0 bridgehead atoms. The Labute approximate surface area is 175 Å². The van der Waals surface area contributed by atoms with Gasteiger partial charge >= 0.3 is 0 Å². The molecule has 0 radical (unpaired) electrons. The van der Waals surface area contributed by atoms with E-state index in [0.717, 1.165) is 17.9 Å². The number of amides is 1. The number of benzene rings is 2. The molecule has 152 valence electrons. The quantitative estimate of drug-likeness (QED) is 0.805. The second-order valence-electron chi connectivity index (χ2n) is 7.44. The van der Waals surface area contributed by atoms with Crippen LogP contribution in [-0.4, -0.2) is 43.9 Å². The van der Waals surface area contributed by atoms with Crippen molar-refractivity contribution < 1.29 is 13.2 Å². The lowest BCUT2D eigenvalue weighted by Crippen LogP contribution is -2.24. The Morgan fingerprint density at radius 2 is 1.97 bits per heavy atom. The number of carbonyl (C=O) groups is 1. The van der Waals surface area contributed by atoms with Gasteiger partial charge in [-0.05, 0) is 55.7 Å². The zero-order valence-corrected chi connectivity index (χ0v) is 18.0. The fourth-order valence-corrected chi connectivity index (χ4v) is 5.90. The summed E-state index contributed by atoms with van der Waals surface area (Å²) in [6.07, 6.45) is 2.28. The third kappa shape index (κ3) is 4.33. The van der Waals surface area contributed by atoms with Crippen molar-refractivity contribution >= 4 is 39.2 Å².